The molecule has 0 aliphatic carbocycles. The summed E-state index contributed by atoms with van der Waals surface area (Å²) in [6, 6.07) is 7.56. The van der Waals surface area contributed by atoms with Crippen LogP contribution in [-0.4, -0.2) is 24.7 Å². The van der Waals surface area contributed by atoms with Crippen molar-refractivity contribution in [2.75, 3.05) is 19.0 Å². The van der Waals surface area contributed by atoms with Crippen LogP contribution in [0.2, 0.25) is 0 Å². The van der Waals surface area contributed by atoms with E-state index in [1.807, 2.05) is 24.3 Å². The van der Waals surface area contributed by atoms with Gasteiger partial charge >= 0.3 is 5.97 Å². The first-order chi connectivity index (χ1) is 9.65. The van der Waals surface area contributed by atoms with Gasteiger partial charge in [0.1, 0.15) is 5.75 Å². The molecule has 0 spiro atoms. The predicted molar refractivity (Wildman–Crippen MR) is 73.5 cm³/mol. The fourth-order valence-corrected chi connectivity index (χ4v) is 1.70. The van der Waals surface area contributed by atoms with Crippen LogP contribution in [-0.2, 0) is 4.74 Å². The van der Waals surface area contributed by atoms with Crippen LogP contribution in [0.4, 0.5) is 11.7 Å². The average Bonchev–Trinajstić information content (AvgIpc) is 2.80. The molecule has 0 unspecified atom stereocenters. The van der Waals surface area contributed by atoms with Crippen molar-refractivity contribution in [1.82, 2.24) is 4.98 Å². The number of rotatable bonds is 5. The average molecular weight is 276 g/mol. The number of hydrogen-bond acceptors (Lipinski definition) is 6. The molecule has 0 aliphatic rings. The van der Waals surface area contributed by atoms with E-state index >= 15 is 0 Å². The van der Waals surface area contributed by atoms with Crippen LogP contribution in [0.5, 0.6) is 5.75 Å². The smallest absolute Gasteiger partial charge is 0.376 e. The predicted octanol–water partition coefficient (Wildman–Crippen LogP) is 2.91. The number of aromatic nitrogens is 1. The lowest BCUT2D eigenvalue weighted by Crippen LogP contribution is -2.04. The number of carbonyl (C=O) groups is 1. The summed E-state index contributed by atoms with van der Waals surface area (Å²) in [6.07, 6.45) is 0. The fourth-order valence-electron chi connectivity index (χ4n) is 1.70. The van der Waals surface area contributed by atoms with Gasteiger partial charge in [-0.05, 0) is 26.0 Å². The highest BCUT2D eigenvalue weighted by Crippen LogP contribution is 2.27. The van der Waals surface area contributed by atoms with Crippen LogP contribution >= 0.6 is 0 Å². The first kappa shape index (κ1) is 13.9. The second-order valence-electron chi connectivity index (χ2n) is 3.98. The zero-order valence-electron chi connectivity index (χ0n) is 11.6. The molecule has 1 heterocycles. The molecule has 2 rings (SSSR count). The van der Waals surface area contributed by atoms with Crippen LogP contribution in [0, 0.1) is 6.92 Å². The zero-order chi connectivity index (χ0) is 14.5. The largest absolute Gasteiger partial charge is 0.495 e. The maximum absolute atomic E-state index is 11.6. The Balaban J connectivity index is 2.22. The number of oxazole rings is 1. The van der Waals surface area contributed by atoms with Gasteiger partial charge in [0.05, 0.1) is 25.1 Å². The molecule has 2 aromatic rings. The molecule has 0 aliphatic heterocycles. The van der Waals surface area contributed by atoms with E-state index in [1.54, 1.807) is 21.0 Å². The van der Waals surface area contributed by atoms with Crippen molar-refractivity contribution < 1.29 is 18.7 Å². The Labute approximate surface area is 116 Å². The Morgan fingerprint density at radius 1 is 1.40 bits per heavy atom. The summed E-state index contributed by atoms with van der Waals surface area (Å²) in [5.41, 5.74) is 1.17. The van der Waals surface area contributed by atoms with Crippen molar-refractivity contribution in [3.8, 4) is 5.75 Å². The van der Waals surface area contributed by atoms with Gasteiger partial charge in [-0.15, -0.1) is 0 Å². The first-order valence-electron chi connectivity index (χ1n) is 6.20. The number of nitrogens with zero attached hydrogens (tertiary/aromatic N) is 1. The number of hydrogen-bond donors (Lipinski definition) is 1. The molecule has 6 heteroatoms. The van der Waals surface area contributed by atoms with Crippen molar-refractivity contribution in [1.29, 1.82) is 0 Å². The van der Waals surface area contributed by atoms with Crippen molar-refractivity contribution >= 4 is 17.7 Å². The molecule has 0 bridgehead atoms. The quantitative estimate of drug-likeness (QED) is 0.846. The summed E-state index contributed by atoms with van der Waals surface area (Å²) >= 11 is 0. The number of aryl methyl sites for hydroxylation is 1. The summed E-state index contributed by atoms with van der Waals surface area (Å²) < 4.78 is 15.5. The number of para-hydroxylation sites is 2. The minimum absolute atomic E-state index is 0.101. The number of nitrogens with one attached hydrogen (secondary N) is 1. The second-order valence-corrected chi connectivity index (χ2v) is 3.98. The highest BCUT2D eigenvalue weighted by atomic mass is 16.5. The fraction of sp³-hybridized carbons (Fsp3) is 0.286. The highest BCUT2D eigenvalue weighted by molar-refractivity contribution is 5.87. The lowest BCUT2D eigenvalue weighted by molar-refractivity contribution is 0.0490. The van der Waals surface area contributed by atoms with Crippen molar-refractivity contribution in [2.45, 2.75) is 13.8 Å². The maximum Gasteiger partial charge on any atom is 0.376 e. The molecule has 1 aromatic carbocycles. The van der Waals surface area contributed by atoms with E-state index in [1.165, 1.54) is 0 Å². The summed E-state index contributed by atoms with van der Waals surface area (Å²) in [7, 11) is 1.57. The minimum atomic E-state index is -0.523. The van der Waals surface area contributed by atoms with E-state index in [0.717, 1.165) is 0 Å². The number of anilines is 2. The van der Waals surface area contributed by atoms with Gasteiger partial charge in [-0.25, -0.2) is 4.79 Å². The van der Waals surface area contributed by atoms with Gasteiger partial charge in [-0.1, -0.05) is 12.1 Å². The molecule has 0 radical (unpaired) electrons. The topological polar surface area (TPSA) is 73.6 Å². The molecule has 0 atom stereocenters. The highest BCUT2D eigenvalue weighted by Gasteiger charge is 2.19. The van der Waals surface area contributed by atoms with Gasteiger partial charge in [0.15, 0.2) is 0 Å². The lowest BCUT2D eigenvalue weighted by atomic mass is 10.3. The second kappa shape index (κ2) is 6.10. The maximum atomic E-state index is 11.6. The first-order valence-corrected chi connectivity index (χ1v) is 6.20. The molecule has 20 heavy (non-hydrogen) atoms. The van der Waals surface area contributed by atoms with E-state index in [-0.39, 0.29) is 18.4 Å². The number of ether oxygens (including phenoxy) is 2. The molecule has 0 amide bonds. The summed E-state index contributed by atoms with van der Waals surface area (Å²) in [4.78, 5) is 15.8. The van der Waals surface area contributed by atoms with Crippen LogP contribution in [0.25, 0.3) is 0 Å². The molecule has 1 aromatic heterocycles. The van der Waals surface area contributed by atoms with Crippen molar-refractivity contribution in [3.63, 3.8) is 0 Å². The van der Waals surface area contributed by atoms with E-state index in [4.69, 9.17) is 13.9 Å². The molecule has 1 N–H and O–H groups in total. The van der Waals surface area contributed by atoms with Crippen LogP contribution in [0.1, 0.15) is 23.2 Å². The van der Waals surface area contributed by atoms with Crippen LogP contribution in [0.15, 0.2) is 28.7 Å². The van der Waals surface area contributed by atoms with Crippen molar-refractivity contribution in [3.05, 3.63) is 35.7 Å². The molecule has 0 saturated heterocycles. The van der Waals surface area contributed by atoms with E-state index in [0.29, 0.717) is 17.1 Å². The third-order valence-corrected chi connectivity index (χ3v) is 2.61. The molecule has 0 saturated carbocycles. The molecule has 106 valence electrons. The number of methoxy groups -OCH3 is 1. The van der Waals surface area contributed by atoms with Gasteiger partial charge in [-0.2, -0.15) is 4.98 Å². The lowest BCUT2D eigenvalue weighted by Gasteiger charge is -2.07. The Bertz CT molecular complexity index is 607. The zero-order valence-corrected chi connectivity index (χ0v) is 11.6. The molecular weight excluding hydrogens is 260 g/mol. The van der Waals surface area contributed by atoms with Gasteiger partial charge in [0.2, 0.25) is 5.76 Å². The third kappa shape index (κ3) is 2.90. The normalized spacial score (nSPS) is 10.2. The van der Waals surface area contributed by atoms with Gasteiger partial charge < -0.3 is 19.2 Å². The monoisotopic (exact) mass is 276 g/mol. The SMILES string of the molecule is CCOC(=O)c1oc(Nc2ccccc2OC)nc1C. The van der Waals surface area contributed by atoms with Crippen LogP contribution in [0.3, 0.4) is 0 Å². The Morgan fingerprint density at radius 3 is 2.85 bits per heavy atom. The Hall–Kier alpha value is -2.50. The third-order valence-electron chi connectivity index (χ3n) is 2.61. The Morgan fingerprint density at radius 2 is 2.15 bits per heavy atom. The summed E-state index contributed by atoms with van der Waals surface area (Å²) in [5, 5.41) is 2.97. The number of esters is 1. The van der Waals surface area contributed by atoms with Crippen molar-refractivity contribution in [2.24, 2.45) is 0 Å². The summed E-state index contributed by atoms with van der Waals surface area (Å²) in [5.74, 6) is 0.232. The Kier molecular flexibility index (Phi) is 4.24. The molecular formula is C14H16N2O4. The molecule has 6 nitrogen and oxygen atoms in total. The summed E-state index contributed by atoms with van der Waals surface area (Å²) in [6.45, 7) is 3.70. The van der Waals surface area contributed by atoms with Crippen LogP contribution < -0.4 is 10.1 Å². The number of carbonyl (C=O) groups excluding carboxylic acids is 1. The van der Waals surface area contributed by atoms with E-state index in [9.17, 15) is 4.79 Å². The van der Waals surface area contributed by atoms with E-state index in [2.05, 4.69) is 10.3 Å². The van der Waals surface area contributed by atoms with Gasteiger partial charge in [-0.3, -0.25) is 0 Å². The standard InChI is InChI=1S/C14H16N2O4/c1-4-19-13(17)12-9(2)15-14(20-12)16-10-7-5-6-8-11(10)18-3/h5-8H,4H2,1-3H3,(H,15,16). The van der Waals surface area contributed by atoms with Gasteiger partial charge in [0.25, 0.3) is 6.01 Å². The molecule has 0 fully saturated rings. The number of benzene rings is 1. The minimum Gasteiger partial charge on any atom is -0.495 e. The van der Waals surface area contributed by atoms with E-state index < -0.39 is 5.97 Å². The van der Waals surface area contributed by atoms with Gasteiger partial charge in [0, 0.05) is 0 Å².